The summed E-state index contributed by atoms with van der Waals surface area (Å²) in [5.41, 5.74) is 3.62. The third kappa shape index (κ3) is 4.20. The number of nitrogens with one attached hydrogen (secondary N) is 2. The number of aromatic nitrogens is 1. The number of sulfonamides is 1. The van der Waals surface area contributed by atoms with Gasteiger partial charge in [-0.3, -0.25) is 9.59 Å². The Balaban J connectivity index is 1.73. The van der Waals surface area contributed by atoms with Crippen molar-refractivity contribution in [3.05, 3.63) is 53.2 Å². The molecule has 2 amide bonds. The van der Waals surface area contributed by atoms with Crippen molar-refractivity contribution in [3.8, 4) is 0 Å². The van der Waals surface area contributed by atoms with Crippen molar-refractivity contribution >= 4 is 38.5 Å². The lowest BCUT2D eigenvalue weighted by atomic mass is 10.0. The second-order valence-electron chi connectivity index (χ2n) is 6.50. The maximum atomic E-state index is 12.4. The van der Waals surface area contributed by atoms with Gasteiger partial charge in [-0.2, -0.15) is 0 Å². The van der Waals surface area contributed by atoms with E-state index in [1.807, 2.05) is 30.7 Å². The first kappa shape index (κ1) is 19.6. The highest BCUT2D eigenvalue weighted by Crippen LogP contribution is 2.24. The number of amides is 2. The molecule has 1 aromatic heterocycles. The van der Waals surface area contributed by atoms with Crippen LogP contribution in [0.15, 0.2) is 45.8 Å². The maximum Gasteiger partial charge on any atom is 0.264 e. The normalized spacial score (nSPS) is 11.4. The minimum atomic E-state index is -3.91. The van der Waals surface area contributed by atoms with Crippen molar-refractivity contribution in [2.24, 2.45) is 0 Å². The molecule has 146 valence electrons. The van der Waals surface area contributed by atoms with Crippen LogP contribution < -0.4 is 10.0 Å². The molecule has 0 spiro atoms. The molecule has 0 saturated carbocycles. The van der Waals surface area contributed by atoms with Gasteiger partial charge in [0.1, 0.15) is 5.69 Å². The molecule has 3 aromatic rings. The van der Waals surface area contributed by atoms with Gasteiger partial charge in [-0.15, -0.1) is 0 Å². The number of carbonyl (C=O) groups is 2. The number of hydrogen-bond donors (Lipinski definition) is 2. The Morgan fingerprint density at radius 2 is 1.79 bits per heavy atom. The number of rotatable bonds is 5. The van der Waals surface area contributed by atoms with E-state index in [0.717, 1.165) is 23.4 Å². The average Bonchev–Trinajstić information content (AvgIpc) is 2.96. The summed E-state index contributed by atoms with van der Waals surface area (Å²) in [5.74, 6) is -0.990. The predicted octanol–water partition coefficient (Wildman–Crippen LogP) is 2.45. The van der Waals surface area contributed by atoms with Crippen LogP contribution in [0, 0.1) is 13.8 Å². The Morgan fingerprint density at radius 3 is 2.43 bits per heavy atom. The second kappa shape index (κ2) is 7.43. The van der Waals surface area contributed by atoms with Crippen molar-refractivity contribution in [3.63, 3.8) is 0 Å². The highest BCUT2D eigenvalue weighted by Gasteiger charge is 2.17. The smallest absolute Gasteiger partial charge is 0.264 e. The fourth-order valence-electron chi connectivity index (χ4n) is 2.96. The van der Waals surface area contributed by atoms with E-state index in [0.29, 0.717) is 17.0 Å². The van der Waals surface area contributed by atoms with Crippen LogP contribution in [0.3, 0.4) is 0 Å². The van der Waals surface area contributed by atoms with Crippen LogP contribution in [-0.2, 0) is 26.0 Å². The monoisotopic (exact) mass is 401 g/mol. The minimum absolute atomic E-state index is 0.0167. The molecule has 3 rings (SSSR count). The summed E-state index contributed by atoms with van der Waals surface area (Å²) in [5, 5.41) is 7.51. The van der Waals surface area contributed by atoms with E-state index >= 15 is 0 Å². The molecule has 1 heterocycles. The maximum absolute atomic E-state index is 12.4. The molecule has 0 aliphatic carbocycles. The molecule has 0 unspecified atom stereocenters. The molecule has 0 bridgehead atoms. The largest absolute Gasteiger partial charge is 0.356 e. The van der Waals surface area contributed by atoms with Gasteiger partial charge in [-0.05, 0) is 55.3 Å². The number of fused-ring (bicyclic) bond motifs is 1. The van der Waals surface area contributed by atoms with E-state index in [2.05, 4.69) is 10.5 Å². The summed E-state index contributed by atoms with van der Waals surface area (Å²) in [6, 6.07) is 9.36. The molecule has 0 atom stereocenters. The Morgan fingerprint density at radius 1 is 1.11 bits per heavy atom. The predicted molar refractivity (Wildman–Crippen MR) is 103 cm³/mol. The van der Waals surface area contributed by atoms with Gasteiger partial charge < -0.3 is 9.84 Å². The molecule has 9 heteroatoms. The van der Waals surface area contributed by atoms with E-state index in [1.165, 1.54) is 24.3 Å². The van der Waals surface area contributed by atoms with Crippen molar-refractivity contribution < 1.29 is 22.5 Å². The summed E-state index contributed by atoms with van der Waals surface area (Å²) < 4.78 is 31.1. The molecule has 2 aromatic carbocycles. The Hall–Kier alpha value is -3.20. The molecule has 0 aliphatic rings. The lowest BCUT2D eigenvalue weighted by Crippen LogP contribution is -2.28. The first-order chi connectivity index (χ1) is 13.2. The zero-order valence-corrected chi connectivity index (χ0v) is 16.4. The SMILES string of the molecule is CC(=O)NS(=O)(=O)c1ccc(NC(=O)Cc2noc3cc(C)cc(C)c23)cc1. The number of aryl methyl sites for hydroxylation is 2. The standard InChI is InChI=1S/C19H19N3O5S/c1-11-8-12(2)19-16(21-27-17(19)9-11)10-18(24)20-14-4-6-15(7-5-14)28(25,26)22-13(3)23/h4-9H,10H2,1-3H3,(H,20,24)(H,22,23). The number of carbonyl (C=O) groups excluding carboxylic acids is 2. The third-order valence-corrected chi connectivity index (χ3v) is 5.49. The van der Waals surface area contributed by atoms with Gasteiger partial charge in [-0.25, -0.2) is 13.1 Å². The van der Waals surface area contributed by atoms with Gasteiger partial charge in [-0.1, -0.05) is 11.2 Å². The van der Waals surface area contributed by atoms with E-state index in [4.69, 9.17) is 4.52 Å². The van der Waals surface area contributed by atoms with Crippen LogP contribution >= 0.6 is 0 Å². The lowest BCUT2D eigenvalue weighted by Gasteiger charge is -2.07. The number of anilines is 1. The number of nitrogens with zero attached hydrogens (tertiary/aromatic N) is 1. The second-order valence-corrected chi connectivity index (χ2v) is 8.18. The zero-order valence-electron chi connectivity index (χ0n) is 15.6. The summed E-state index contributed by atoms with van der Waals surface area (Å²) in [6.07, 6.45) is 0.0167. The molecule has 8 nitrogen and oxygen atoms in total. The Kier molecular flexibility index (Phi) is 5.19. The molecule has 0 radical (unpaired) electrons. The summed E-state index contributed by atoms with van der Waals surface area (Å²) in [4.78, 5) is 23.3. The molecule has 0 aliphatic heterocycles. The molecule has 0 saturated heterocycles. The van der Waals surface area contributed by atoms with Crippen molar-refractivity contribution in [1.82, 2.24) is 9.88 Å². The summed E-state index contributed by atoms with van der Waals surface area (Å²) >= 11 is 0. The fraction of sp³-hybridized carbons (Fsp3) is 0.211. The van der Waals surface area contributed by atoms with Crippen molar-refractivity contribution in [2.75, 3.05) is 5.32 Å². The van der Waals surface area contributed by atoms with Gasteiger partial charge in [0.25, 0.3) is 10.0 Å². The van der Waals surface area contributed by atoms with Gasteiger partial charge in [0, 0.05) is 18.0 Å². The minimum Gasteiger partial charge on any atom is -0.356 e. The highest BCUT2D eigenvalue weighted by atomic mass is 32.2. The molecular formula is C19H19N3O5S. The van der Waals surface area contributed by atoms with Crippen LogP contribution in [0.5, 0.6) is 0 Å². The molecule has 0 fully saturated rings. The lowest BCUT2D eigenvalue weighted by molar-refractivity contribution is -0.117. The quantitative estimate of drug-likeness (QED) is 0.678. The van der Waals surface area contributed by atoms with Crippen LogP contribution in [0.25, 0.3) is 11.0 Å². The fourth-order valence-corrected chi connectivity index (χ4v) is 3.95. The molecule has 2 N–H and O–H groups in total. The van der Waals surface area contributed by atoms with Gasteiger partial charge in [0.2, 0.25) is 11.8 Å². The van der Waals surface area contributed by atoms with Gasteiger partial charge in [0.05, 0.1) is 11.3 Å². The number of hydrogen-bond acceptors (Lipinski definition) is 6. The third-order valence-electron chi connectivity index (χ3n) is 4.04. The van der Waals surface area contributed by atoms with E-state index in [-0.39, 0.29) is 17.2 Å². The number of benzene rings is 2. The first-order valence-electron chi connectivity index (χ1n) is 8.44. The first-order valence-corrected chi connectivity index (χ1v) is 9.93. The van der Waals surface area contributed by atoms with Gasteiger partial charge in [0.15, 0.2) is 5.58 Å². The average molecular weight is 401 g/mol. The van der Waals surface area contributed by atoms with Crippen LogP contribution in [0.2, 0.25) is 0 Å². The molecule has 28 heavy (non-hydrogen) atoms. The van der Waals surface area contributed by atoms with Crippen LogP contribution in [0.1, 0.15) is 23.7 Å². The van der Waals surface area contributed by atoms with Crippen LogP contribution in [-0.4, -0.2) is 25.4 Å². The zero-order chi connectivity index (χ0) is 20.5. The molecular weight excluding hydrogens is 382 g/mol. The van der Waals surface area contributed by atoms with Crippen LogP contribution in [0.4, 0.5) is 5.69 Å². The van der Waals surface area contributed by atoms with Crippen molar-refractivity contribution in [1.29, 1.82) is 0 Å². The topological polar surface area (TPSA) is 118 Å². The summed E-state index contributed by atoms with van der Waals surface area (Å²) in [6.45, 7) is 5.00. The van der Waals surface area contributed by atoms with Crippen molar-refractivity contribution in [2.45, 2.75) is 32.1 Å². The highest BCUT2D eigenvalue weighted by molar-refractivity contribution is 7.90. The summed E-state index contributed by atoms with van der Waals surface area (Å²) in [7, 11) is -3.91. The Labute approximate surface area is 162 Å². The van der Waals surface area contributed by atoms with E-state index < -0.39 is 15.9 Å². The Bertz CT molecular complexity index is 1160. The van der Waals surface area contributed by atoms with E-state index in [1.54, 1.807) is 0 Å². The van der Waals surface area contributed by atoms with Gasteiger partial charge >= 0.3 is 0 Å². The van der Waals surface area contributed by atoms with E-state index in [9.17, 15) is 18.0 Å².